The van der Waals surface area contributed by atoms with Gasteiger partial charge in [0.1, 0.15) is 0 Å². The number of benzene rings is 2. The van der Waals surface area contributed by atoms with Gasteiger partial charge in [-0.1, -0.05) is 42.5 Å². The summed E-state index contributed by atoms with van der Waals surface area (Å²) >= 11 is 0. The molecule has 0 saturated heterocycles. The van der Waals surface area contributed by atoms with Crippen LogP contribution in [0.2, 0.25) is 0 Å². The third-order valence-corrected chi connectivity index (χ3v) is 2.47. The lowest BCUT2D eigenvalue weighted by molar-refractivity contribution is 1.19. The zero-order chi connectivity index (χ0) is 10.5. The molecule has 2 aromatic rings. The van der Waals surface area contributed by atoms with E-state index in [1.165, 1.54) is 16.8 Å². The first-order chi connectivity index (χ1) is 7.38. The Hall–Kier alpha value is -1.76. The van der Waals surface area contributed by atoms with Crippen molar-refractivity contribution in [3.05, 3.63) is 65.7 Å². The molecule has 0 aliphatic heterocycles. The fourth-order valence-corrected chi connectivity index (χ4v) is 1.67. The van der Waals surface area contributed by atoms with Crippen LogP contribution in [0.4, 0.5) is 5.69 Å². The van der Waals surface area contributed by atoms with E-state index in [1.807, 2.05) is 13.1 Å². The highest BCUT2D eigenvalue weighted by Crippen LogP contribution is 2.13. The van der Waals surface area contributed by atoms with Crippen molar-refractivity contribution < 1.29 is 0 Å². The minimum atomic E-state index is 0.996. The summed E-state index contributed by atoms with van der Waals surface area (Å²) in [6.07, 6.45) is 0.996. The highest BCUT2D eigenvalue weighted by Gasteiger charge is 1.96. The molecule has 0 fully saturated rings. The van der Waals surface area contributed by atoms with Gasteiger partial charge >= 0.3 is 0 Å². The second kappa shape index (κ2) is 4.65. The monoisotopic (exact) mass is 197 g/mol. The molecule has 0 amide bonds. The van der Waals surface area contributed by atoms with E-state index in [4.69, 9.17) is 0 Å². The van der Waals surface area contributed by atoms with E-state index < -0.39 is 0 Å². The molecule has 0 saturated carbocycles. The molecule has 2 rings (SSSR count). The van der Waals surface area contributed by atoms with E-state index in [0.29, 0.717) is 0 Å². The third-order valence-electron chi connectivity index (χ3n) is 2.47. The summed E-state index contributed by atoms with van der Waals surface area (Å²) in [6.45, 7) is 0. The van der Waals surface area contributed by atoms with Gasteiger partial charge in [0, 0.05) is 12.7 Å². The molecule has 1 heteroatoms. The van der Waals surface area contributed by atoms with Gasteiger partial charge < -0.3 is 5.32 Å². The smallest absolute Gasteiger partial charge is 0.0340 e. The average Bonchev–Trinajstić information content (AvgIpc) is 2.31. The normalized spacial score (nSPS) is 9.93. The number of hydrogen-bond donors (Lipinski definition) is 1. The molecular formula is C14H15N. The van der Waals surface area contributed by atoms with Gasteiger partial charge in [-0.2, -0.15) is 0 Å². The molecule has 76 valence electrons. The van der Waals surface area contributed by atoms with Gasteiger partial charge in [-0.25, -0.2) is 0 Å². The van der Waals surface area contributed by atoms with Gasteiger partial charge in [0.2, 0.25) is 0 Å². The molecule has 0 aromatic heterocycles. The number of rotatable bonds is 3. The maximum absolute atomic E-state index is 3.15. The minimum Gasteiger partial charge on any atom is -0.388 e. The van der Waals surface area contributed by atoms with Crippen LogP contribution in [0.5, 0.6) is 0 Å². The molecule has 0 unspecified atom stereocenters. The molecule has 1 N–H and O–H groups in total. The molecule has 0 aliphatic rings. The second-order valence-electron chi connectivity index (χ2n) is 3.61. The largest absolute Gasteiger partial charge is 0.388 e. The second-order valence-corrected chi connectivity index (χ2v) is 3.61. The molecule has 0 radical (unpaired) electrons. The Morgan fingerprint density at radius 3 is 2.33 bits per heavy atom. The van der Waals surface area contributed by atoms with Crippen LogP contribution in [0.15, 0.2) is 54.6 Å². The highest BCUT2D eigenvalue weighted by molar-refractivity contribution is 5.46. The van der Waals surface area contributed by atoms with Gasteiger partial charge in [-0.15, -0.1) is 0 Å². The Balaban J connectivity index is 2.17. The Bertz CT molecular complexity index is 420. The van der Waals surface area contributed by atoms with E-state index in [2.05, 4.69) is 53.8 Å². The number of anilines is 1. The fourth-order valence-electron chi connectivity index (χ4n) is 1.67. The summed E-state index contributed by atoms with van der Waals surface area (Å²) in [5, 5.41) is 3.15. The van der Waals surface area contributed by atoms with Gasteiger partial charge in [0.25, 0.3) is 0 Å². The SMILES string of the molecule is CNc1cccc(Cc2ccccc2)c1. The van der Waals surface area contributed by atoms with Gasteiger partial charge in [0.15, 0.2) is 0 Å². The molecule has 0 bridgehead atoms. The summed E-state index contributed by atoms with van der Waals surface area (Å²) in [6, 6.07) is 19.0. The summed E-state index contributed by atoms with van der Waals surface area (Å²) in [5.74, 6) is 0. The Morgan fingerprint density at radius 2 is 1.60 bits per heavy atom. The van der Waals surface area contributed by atoms with Crippen molar-refractivity contribution in [1.82, 2.24) is 0 Å². The van der Waals surface area contributed by atoms with Crippen LogP contribution in [-0.4, -0.2) is 7.05 Å². The molecule has 0 spiro atoms. The minimum absolute atomic E-state index is 0.996. The van der Waals surface area contributed by atoms with E-state index in [9.17, 15) is 0 Å². The maximum atomic E-state index is 3.15. The first kappa shape index (κ1) is 9.78. The van der Waals surface area contributed by atoms with Crippen LogP contribution in [0.25, 0.3) is 0 Å². The molecule has 0 aliphatic carbocycles. The lowest BCUT2D eigenvalue weighted by atomic mass is 10.0. The number of nitrogens with one attached hydrogen (secondary N) is 1. The molecule has 0 heterocycles. The van der Waals surface area contributed by atoms with Gasteiger partial charge in [-0.05, 0) is 29.7 Å². The van der Waals surface area contributed by atoms with Gasteiger partial charge in [0.05, 0.1) is 0 Å². The topological polar surface area (TPSA) is 12.0 Å². The predicted molar refractivity (Wildman–Crippen MR) is 65.2 cm³/mol. The van der Waals surface area contributed by atoms with Crippen LogP contribution in [0.1, 0.15) is 11.1 Å². The van der Waals surface area contributed by atoms with Crippen LogP contribution < -0.4 is 5.32 Å². The van der Waals surface area contributed by atoms with Crippen LogP contribution in [0, 0.1) is 0 Å². The lowest BCUT2D eigenvalue weighted by Crippen LogP contribution is -1.91. The zero-order valence-electron chi connectivity index (χ0n) is 8.90. The average molecular weight is 197 g/mol. The van der Waals surface area contributed by atoms with Crippen molar-refractivity contribution in [3.63, 3.8) is 0 Å². The summed E-state index contributed by atoms with van der Waals surface area (Å²) in [5.41, 5.74) is 3.86. The van der Waals surface area contributed by atoms with Gasteiger partial charge in [-0.3, -0.25) is 0 Å². The van der Waals surface area contributed by atoms with Crippen LogP contribution in [0.3, 0.4) is 0 Å². The van der Waals surface area contributed by atoms with Crippen molar-refractivity contribution in [3.8, 4) is 0 Å². The Labute approximate surface area is 90.8 Å². The fraction of sp³-hybridized carbons (Fsp3) is 0.143. The summed E-state index contributed by atoms with van der Waals surface area (Å²) in [7, 11) is 1.95. The Morgan fingerprint density at radius 1 is 0.867 bits per heavy atom. The molecular weight excluding hydrogens is 182 g/mol. The predicted octanol–water partition coefficient (Wildman–Crippen LogP) is 3.32. The zero-order valence-corrected chi connectivity index (χ0v) is 8.90. The quantitative estimate of drug-likeness (QED) is 0.796. The van der Waals surface area contributed by atoms with E-state index in [0.717, 1.165) is 6.42 Å². The molecule has 2 aromatic carbocycles. The van der Waals surface area contributed by atoms with Crippen LogP contribution in [-0.2, 0) is 6.42 Å². The summed E-state index contributed by atoms with van der Waals surface area (Å²) < 4.78 is 0. The van der Waals surface area contributed by atoms with E-state index >= 15 is 0 Å². The van der Waals surface area contributed by atoms with E-state index in [1.54, 1.807) is 0 Å². The summed E-state index contributed by atoms with van der Waals surface area (Å²) in [4.78, 5) is 0. The molecule has 0 atom stereocenters. The third kappa shape index (κ3) is 2.59. The van der Waals surface area contributed by atoms with Crippen molar-refractivity contribution in [2.75, 3.05) is 12.4 Å². The van der Waals surface area contributed by atoms with Crippen molar-refractivity contribution in [1.29, 1.82) is 0 Å². The lowest BCUT2D eigenvalue weighted by Gasteiger charge is -2.04. The maximum Gasteiger partial charge on any atom is 0.0340 e. The standard InChI is InChI=1S/C14H15N/c1-15-14-9-5-8-13(11-14)10-12-6-3-2-4-7-12/h2-9,11,15H,10H2,1H3. The Kier molecular flexibility index (Phi) is 3.03. The first-order valence-corrected chi connectivity index (χ1v) is 5.19. The van der Waals surface area contributed by atoms with Crippen molar-refractivity contribution in [2.24, 2.45) is 0 Å². The molecule has 15 heavy (non-hydrogen) atoms. The first-order valence-electron chi connectivity index (χ1n) is 5.19. The van der Waals surface area contributed by atoms with Crippen molar-refractivity contribution >= 4 is 5.69 Å². The van der Waals surface area contributed by atoms with E-state index in [-0.39, 0.29) is 0 Å². The van der Waals surface area contributed by atoms with Crippen LogP contribution >= 0.6 is 0 Å². The molecule has 1 nitrogen and oxygen atoms in total. The number of hydrogen-bond acceptors (Lipinski definition) is 1. The van der Waals surface area contributed by atoms with Crippen molar-refractivity contribution in [2.45, 2.75) is 6.42 Å². The highest BCUT2D eigenvalue weighted by atomic mass is 14.8.